The fraction of sp³-hybridized carbons (Fsp3) is 0.529. The number of likely N-dealkylation sites (tertiary alicyclic amines) is 1. The monoisotopic (exact) mass is 667 g/mol. The molecule has 2 saturated heterocycles. The number of piperidine rings is 1. The number of rotatable bonds is 14. The molecule has 1 aromatic heterocycles. The molecule has 260 valence electrons. The Bertz CT molecular complexity index is 1410. The van der Waals surface area contributed by atoms with Gasteiger partial charge in [0, 0.05) is 83.3 Å². The summed E-state index contributed by atoms with van der Waals surface area (Å²) in [6, 6.07) is 11.4. The van der Waals surface area contributed by atoms with Crippen LogP contribution in [0.2, 0.25) is 0 Å². The normalized spacial score (nSPS) is 15.8. The number of amides is 4. The van der Waals surface area contributed by atoms with Crippen LogP contribution in [0, 0.1) is 0 Å². The van der Waals surface area contributed by atoms with Crippen molar-refractivity contribution in [3.63, 3.8) is 0 Å². The molecule has 0 radical (unpaired) electrons. The molecular weight excluding hydrogens is 622 g/mol. The molecule has 2 aromatic rings. The van der Waals surface area contributed by atoms with E-state index in [-0.39, 0.29) is 63.3 Å². The average molecular weight is 668 g/mol. The van der Waals surface area contributed by atoms with Crippen molar-refractivity contribution < 1.29 is 43.3 Å². The molecule has 1 atom stereocenters. The molecule has 0 saturated carbocycles. The zero-order chi connectivity index (χ0) is 34.5. The van der Waals surface area contributed by atoms with Crippen LogP contribution >= 0.6 is 0 Å². The van der Waals surface area contributed by atoms with Gasteiger partial charge in [0.05, 0.1) is 12.3 Å². The van der Waals surface area contributed by atoms with Crippen LogP contribution in [0.1, 0.15) is 55.9 Å². The van der Waals surface area contributed by atoms with Gasteiger partial charge in [-0.25, -0.2) is 9.78 Å². The number of benzene rings is 1. The molecule has 0 aliphatic carbocycles. The van der Waals surface area contributed by atoms with Crippen LogP contribution in [-0.4, -0.2) is 126 Å². The first-order valence-electron chi connectivity index (χ1n) is 16.4. The molecule has 48 heavy (non-hydrogen) atoms. The maximum absolute atomic E-state index is 13.7. The Hall–Kier alpha value is -4.72. The minimum atomic E-state index is -1.13. The Balaban J connectivity index is 1.47. The van der Waals surface area contributed by atoms with Gasteiger partial charge >= 0.3 is 12.1 Å². The predicted molar refractivity (Wildman–Crippen MR) is 174 cm³/mol. The number of hydrogen-bond acceptors (Lipinski definition) is 9. The lowest BCUT2D eigenvalue weighted by Crippen LogP contribution is -2.56. The molecule has 14 nitrogen and oxygen atoms in total. The number of carbonyl (C=O) groups is 5. The first kappa shape index (κ1) is 36.1. The third-order valence-corrected chi connectivity index (χ3v) is 8.29. The SMILES string of the molecule is CCCCOC(=O)N1CCN(C(=O)[C@H](CCC(=O)O)NC(=O)c2cc(OC3CCN(C(=O)COC)CC3)cc(-c3ccccc3)n2)CC1. The van der Waals surface area contributed by atoms with E-state index in [1.54, 1.807) is 11.0 Å². The van der Waals surface area contributed by atoms with Crippen molar-refractivity contribution in [3.05, 3.63) is 48.2 Å². The van der Waals surface area contributed by atoms with Gasteiger partial charge in [-0.05, 0) is 12.8 Å². The van der Waals surface area contributed by atoms with Gasteiger partial charge in [-0.3, -0.25) is 19.2 Å². The lowest BCUT2D eigenvalue weighted by molar-refractivity contribution is -0.139. The summed E-state index contributed by atoms with van der Waals surface area (Å²) in [6.07, 6.45) is 1.76. The van der Waals surface area contributed by atoms with E-state index >= 15 is 0 Å². The summed E-state index contributed by atoms with van der Waals surface area (Å²) in [7, 11) is 1.48. The molecule has 14 heteroatoms. The molecule has 2 aliphatic heterocycles. The van der Waals surface area contributed by atoms with Crippen molar-refractivity contribution in [1.82, 2.24) is 25.0 Å². The van der Waals surface area contributed by atoms with Gasteiger partial charge in [-0.15, -0.1) is 0 Å². The van der Waals surface area contributed by atoms with Crippen LogP contribution in [0.4, 0.5) is 4.79 Å². The number of methoxy groups -OCH3 is 1. The first-order chi connectivity index (χ1) is 23.2. The van der Waals surface area contributed by atoms with Gasteiger partial charge in [0.15, 0.2) is 0 Å². The van der Waals surface area contributed by atoms with E-state index in [0.717, 1.165) is 18.4 Å². The molecule has 2 aliphatic rings. The fourth-order valence-electron chi connectivity index (χ4n) is 5.56. The highest BCUT2D eigenvalue weighted by Crippen LogP contribution is 2.26. The Labute approximate surface area is 280 Å². The van der Waals surface area contributed by atoms with Crippen molar-refractivity contribution in [3.8, 4) is 17.0 Å². The lowest BCUT2D eigenvalue weighted by Gasteiger charge is -2.36. The number of pyridine rings is 1. The van der Waals surface area contributed by atoms with Crippen LogP contribution in [0.3, 0.4) is 0 Å². The van der Waals surface area contributed by atoms with E-state index < -0.39 is 29.9 Å². The number of unbranched alkanes of at least 4 members (excludes halogenated alkanes) is 1. The van der Waals surface area contributed by atoms with Gasteiger partial charge in [-0.1, -0.05) is 43.7 Å². The number of piperazine rings is 1. The molecule has 0 bridgehead atoms. The van der Waals surface area contributed by atoms with Crippen molar-refractivity contribution in [2.75, 3.05) is 59.6 Å². The Morgan fingerprint density at radius 2 is 1.65 bits per heavy atom. The Morgan fingerprint density at radius 1 is 0.958 bits per heavy atom. The van der Waals surface area contributed by atoms with Gasteiger partial charge in [0.1, 0.15) is 30.2 Å². The van der Waals surface area contributed by atoms with Crippen molar-refractivity contribution >= 4 is 29.8 Å². The maximum Gasteiger partial charge on any atom is 0.409 e. The summed E-state index contributed by atoms with van der Waals surface area (Å²) in [5.74, 6) is -1.86. The van der Waals surface area contributed by atoms with E-state index in [0.29, 0.717) is 44.0 Å². The number of nitrogens with zero attached hydrogens (tertiary/aromatic N) is 4. The van der Waals surface area contributed by atoms with Crippen molar-refractivity contribution in [2.45, 2.75) is 57.6 Å². The summed E-state index contributed by atoms with van der Waals surface area (Å²) in [4.78, 5) is 72.7. The van der Waals surface area contributed by atoms with E-state index in [2.05, 4.69) is 10.3 Å². The van der Waals surface area contributed by atoms with Gasteiger partial charge < -0.3 is 39.3 Å². The molecule has 1 aromatic carbocycles. The highest BCUT2D eigenvalue weighted by molar-refractivity contribution is 5.97. The number of aliphatic carboxylic acids is 1. The quantitative estimate of drug-likeness (QED) is 0.286. The largest absolute Gasteiger partial charge is 0.490 e. The van der Waals surface area contributed by atoms with Crippen LogP contribution in [0.15, 0.2) is 42.5 Å². The zero-order valence-electron chi connectivity index (χ0n) is 27.6. The van der Waals surface area contributed by atoms with Crippen molar-refractivity contribution in [2.24, 2.45) is 0 Å². The number of nitrogens with one attached hydrogen (secondary N) is 1. The number of carboxylic acid groups (broad SMARTS) is 1. The smallest absolute Gasteiger partial charge is 0.409 e. The summed E-state index contributed by atoms with van der Waals surface area (Å²) in [5, 5.41) is 12.1. The second-order valence-corrected chi connectivity index (χ2v) is 11.8. The number of carboxylic acids is 1. The molecule has 4 amide bonds. The number of hydrogen-bond donors (Lipinski definition) is 2. The highest BCUT2D eigenvalue weighted by atomic mass is 16.6. The van der Waals surface area contributed by atoms with Gasteiger partial charge in [0.25, 0.3) is 5.91 Å². The first-order valence-corrected chi connectivity index (χ1v) is 16.4. The number of ether oxygens (including phenoxy) is 3. The molecule has 2 N–H and O–H groups in total. The van der Waals surface area contributed by atoms with E-state index in [4.69, 9.17) is 14.2 Å². The molecule has 4 rings (SSSR count). The molecular formula is C34H45N5O9. The van der Waals surface area contributed by atoms with Crippen LogP contribution in [0.25, 0.3) is 11.3 Å². The Kier molecular flexibility index (Phi) is 13.5. The molecule has 0 unspecified atom stereocenters. The van der Waals surface area contributed by atoms with E-state index in [1.165, 1.54) is 23.0 Å². The van der Waals surface area contributed by atoms with E-state index in [9.17, 15) is 29.1 Å². The summed E-state index contributed by atoms with van der Waals surface area (Å²) < 4.78 is 16.5. The van der Waals surface area contributed by atoms with Crippen molar-refractivity contribution in [1.29, 1.82) is 0 Å². The lowest BCUT2D eigenvalue weighted by atomic mass is 10.1. The minimum Gasteiger partial charge on any atom is -0.490 e. The van der Waals surface area contributed by atoms with Crippen LogP contribution < -0.4 is 10.1 Å². The fourth-order valence-corrected chi connectivity index (χ4v) is 5.56. The third kappa shape index (κ3) is 10.4. The summed E-state index contributed by atoms with van der Waals surface area (Å²) in [5.41, 5.74) is 1.25. The minimum absolute atomic E-state index is 0.00632. The van der Waals surface area contributed by atoms with Gasteiger partial charge in [0.2, 0.25) is 11.8 Å². The summed E-state index contributed by atoms with van der Waals surface area (Å²) >= 11 is 0. The molecule has 2 fully saturated rings. The maximum atomic E-state index is 13.7. The molecule has 3 heterocycles. The van der Waals surface area contributed by atoms with Crippen LogP contribution in [-0.2, 0) is 23.9 Å². The zero-order valence-corrected chi connectivity index (χ0v) is 27.6. The van der Waals surface area contributed by atoms with Gasteiger partial charge in [-0.2, -0.15) is 0 Å². The van der Waals surface area contributed by atoms with E-state index in [1.807, 2.05) is 37.3 Å². The third-order valence-electron chi connectivity index (χ3n) is 8.29. The van der Waals surface area contributed by atoms with Crippen LogP contribution in [0.5, 0.6) is 5.75 Å². The number of aromatic nitrogens is 1. The number of carbonyl (C=O) groups excluding carboxylic acids is 4. The Morgan fingerprint density at radius 3 is 2.29 bits per heavy atom. The summed E-state index contributed by atoms with van der Waals surface area (Å²) in [6.45, 7) is 4.34. The highest BCUT2D eigenvalue weighted by Gasteiger charge is 2.32. The second kappa shape index (κ2) is 18.0. The average Bonchev–Trinajstić information content (AvgIpc) is 3.10. The topological polar surface area (TPSA) is 168 Å². The second-order valence-electron chi connectivity index (χ2n) is 11.8. The molecule has 0 spiro atoms. The predicted octanol–water partition coefficient (Wildman–Crippen LogP) is 2.81. The standard InChI is InChI=1S/C34H45N5O9/c1-3-4-20-47-34(45)39-18-16-38(17-19-39)33(44)27(10-11-31(41)42)36-32(43)29-22-26(21-28(35-29)24-8-6-5-7-9-24)48-25-12-14-37(15-13-25)30(40)23-46-2/h5-9,21-22,25,27H,3-4,10-20,23H2,1-2H3,(H,36,43)(H,41,42)/t27-/m0/s1.